The predicted octanol–water partition coefficient (Wildman–Crippen LogP) is 4.16. The van der Waals surface area contributed by atoms with E-state index in [1.807, 2.05) is 37.2 Å². The molecule has 32 heavy (non-hydrogen) atoms. The van der Waals surface area contributed by atoms with E-state index in [9.17, 15) is 9.59 Å². The van der Waals surface area contributed by atoms with Crippen molar-refractivity contribution in [3.63, 3.8) is 0 Å². The Morgan fingerprint density at radius 1 is 1.03 bits per heavy atom. The lowest BCUT2D eigenvalue weighted by atomic mass is 9.64. The molecule has 2 aromatic rings. The number of nitrogens with one attached hydrogen (secondary N) is 1. The summed E-state index contributed by atoms with van der Waals surface area (Å²) in [4.78, 5) is 30.6. The van der Waals surface area contributed by atoms with Crippen LogP contribution in [-0.4, -0.2) is 43.4 Å². The second-order valence-electron chi connectivity index (χ2n) is 9.48. The summed E-state index contributed by atoms with van der Waals surface area (Å²) in [5.41, 5.74) is 3.02. The van der Waals surface area contributed by atoms with E-state index < -0.39 is 5.41 Å². The second kappa shape index (κ2) is 9.76. The van der Waals surface area contributed by atoms with E-state index in [-0.39, 0.29) is 17.9 Å². The van der Waals surface area contributed by atoms with E-state index in [0.717, 1.165) is 43.4 Å². The topological polar surface area (TPSA) is 52.7 Å². The molecule has 1 heterocycles. The molecular weight excluding hydrogens is 398 g/mol. The molecule has 5 nitrogen and oxygen atoms in total. The van der Waals surface area contributed by atoms with Crippen molar-refractivity contribution in [3.05, 3.63) is 65.7 Å². The molecule has 1 N–H and O–H groups in total. The Kier molecular flexibility index (Phi) is 6.83. The van der Waals surface area contributed by atoms with Gasteiger partial charge >= 0.3 is 0 Å². The van der Waals surface area contributed by atoms with Gasteiger partial charge in [-0.15, -0.1) is 0 Å². The van der Waals surface area contributed by atoms with Crippen LogP contribution in [0.1, 0.15) is 49.7 Å². The molecule has 0 unspecified atom stereocenters. The predicted molar refractivity (Wildman–Crippen MR) is 128 cm³/mol. The van der Waals surface area contributed by atoms with Gasteiger partial charge < -0.3 is 15.1 Å². The first kappa shape index (κ1) is 22.4. The lowest BCUT2D eigenvalue weighted by molar-refractivity contribution is -0.155. The summed E-state index contributed by atoms with van der Waals surface area (Å²) in [5.74, 6) is 0.326. The smallest absolute Gasteiger partial charge is 0.228 e. The minimum atomic E-state index is -0.452. The maximum atomic E-state index is 13.6. The summed E-state index contributed by atoms with van der Waals surface area (Å²) in [6.07, 6.45) is 5.91. The first-order chi connectivity index (χ1) is 15.5. The van der Waals surface area contributed by atoms with Gasteiger partial charge in [0, 0.05) is 45.3 Å². The van der Waals surface area contributed by atoms with Gasteiger partial charge in [-0.3, -0.25) is 9.59 Å². The van der Waals surface area contributed by atoms with Crippen LogP contribution in [0.4, 0.5) is 5.69 Å². The number of carbonyl (C=O) groups is 2. The minimum Gasteiger partial charge on any atom is -0.378 e. The second-order valence-corrected chi connectivity index (χ2v) is 9.48. The van der Waals surface area contributed by atoms with Crippen LogP contribution >= 0.6 is 0 Å². The number of fused-ring (bicyclic) bond motifs is 1. The molecule has 2 atom stereocenters. The van der Waals surface area contributed by atoms with Crippen molar-refractivity contribution >= 4 is 17.5 Å². The molecule has 2 amide bonds. The van der Waals surface area contributed by atoms with Gasteiger partial charge in [-0.05, 0) is 48.9 Å². The van der Waals surface area contributed by atoms with Gasteiger partial charge in [0.2, 0.25) is 11.8 Å². The Bertz CT molecular complexity index is 926. The van der Waals surface area contributed by atoms with Crippen molar-refractivity contribution in [2.24, 2.45) is 5.41 Å². The van der Waals surface area contributed by atoms with Crippen LogP contribution in [0.15, 0.2) is 54.6 Å². The number of piperidine rings is 1. The molecule has 0 aromatic heterocycles. The SMILES string of the molecule is CN(C)c1ccc(CNC(=O)[C@@]23CCCC[C@H]2N(CCc2ccccc2)C(=O)CC3)cc1. The van der Waals surface area contributed by atoms with Crippen LogP contribution in [0.5, 0.6) is 0 Å². The van der Waals surface area contributed by atoms with Gasteiger partial charge in [0.1, 0.15) is 0 Å². The molecular formula is C27H35N3O2. The van der Waals surface area contributed by atoms with Gasteiger partial charge in [0.15, 0.2) is 0 Å². The molecule has 1 saturated carbocycles. The first-order valence-electron chi connectivity index (χ1n) is 11.9. The lowest BCUT2D eigenvalue weighted by Gasteiger charge is -2.51. The number of hydrogen-bond donors (Lipinski definition) is 1. The fraction of sp³-hybridized carbons (Fsp3) is 0.481. The third-order valence-corrected chi connectivity index (χ3v) is 7.31. The standard InChI is InChI=1S/C27H35N3O2/c1-29(2)23-13-11-22(12-14-23)20-28-26(32)27-17-7-6-10-24(27)30(25(31)15-18-27)19-16-21-8-4-3-5-9-21/h3-5,8-9,11-14,24H,6-7,10,15-20H2,1-2H3,(H,28,32)/t24-,27-/m1/s1. The van der Waals surface area contributed by atoms with E-state index >= 15 is 0 Å². The molecule has 170 valence electrons. The Balaban J connectivity index is 1.46. The van der Waals surface area contributed by atoms with E-state index in [1.165, 1.54) is 5.56 Å². The molecule has 2 aromatic carbocycles. The molecule has 5 heteroatoms. The minimum absolute atomic E-state index is 0.0114. The van der Waals surface area contributed by atoms with Crippen molar-refractivity contribution in [2.75, 3.05) is 25.5 Å². The molecule has 4 rings (SSSR count). The monoisotopic (exact) mass is 433 g/mol. The summed E-state index contributed by atoms with van der Waals surface area (Å²) in [7, 11) is 4.04. The molecule has 1 aliphatic heterocycles. The number of amides is 2. The Hall–Kier alpha value is -2.82. The third-order valence-electron chi connectivity index (χ3n) is 7.31. The molecule has 2 aliphatic rings. The number of rotatable bonds is 7. The summed E-state index contributed by atoms with van der Waals surface area (Å²) in [5, 5.41) is 3.23. The van der Waals surface area contributed by atoms with Crippen LogP contribution in [0.3, 0.4) is 0 Å². The molecule has 1 saturated heterocycles. The normalized spacial score (nSPS) is 22.9. The van der Waals surface area contributed by atoms with Crippen molar-refractivity contribution in [2.45, 2.75) is 57.5 Å². The van der Waals surface area contributed by atoms with Crippen molar-refractivity contribution in [1.82, 2.24) is 10.2 Å². The zero-order valence-electron chi connectivity index (χ0n) is 19.3. The summed E-state index contributed by atoms with van der Waals surface area (Å²) < 4.78 is 0. The maximum absolute atomic E-state index is 13.6. The zero-order chi connectivity index (χ0) is 22.6. The van der Waals surface area contributed by atoms with Crippen LogP contribution in [0.2, 0.25) is 0 Å². The quantitative estimate of drug-likeness (QED) is 0.713. The zero-order valence-corrected chi connectivity index (χ0v) is 19.3. The maximum Gasteiger partial charge on any atom is 0.228 e. The first-order valence-corrected chi connectivity index (χ1v) is 11.9. The molecule has 0 bridgehead atoms. The van der Waals surface area contributed by atoms with E-state index in [0.29, 0.717) is 25.9 Å². The van der Waals surface area contributed by atoms with Crippen LogP contribution < -0.4 is 10.2 Å². The fourth-order valence-corrected chi connectivity index (χ4v) is 5.44. The Morgan fingerprint density at radius 2 is 1.78 bits per heavy atom. The van der Waals surface area contributed by atoms with E-state index in [2.05, 4.69) is 46.6 Å². The van der Waals surface area contributed by atoms with Gasteiger partial charge in [0.05, 0.1) is 5.41 Å². The highest BCUT2D eigenvalue weighted by Gasteiger charge is 2.52. The summed E-state index contributed by atoms with van der Waals surface area (Å²) >= 11 is 0. The molecule has 0 radical (unpaired) electrons. The molecule has 0 spiro atoms. The van der Waals surface area contributed by atoms with Crippen LogP contribution in [-0.2, 0) is 22.6 Å². The van der Waals surface area contributed by atoms with Crippen molar-refractivity contribution < 1.29 is 9.59 Å². The Morgan fingerprint density at radius 3 is 2.50 bits per heavy atom. The average Bonchev–Trinajstić information content (AvgIpc) is 2.82. The lowest BCUT2D eigenvalue weighted by Crippen LogP contribution is -2.61. The third kappa shape index (κ3) is 4.67. The Labute approximate surface area is 191 Å². The van der Waals surface area contributed by atoms with Crippen molar-refractivity contribution in [3.8, 4) is 0 Å². The van der Waals surface area contributed by atoms with E-state index in [1.54, 1.807) is 0 Å². The number of benzene rings is 2. The molecule has 1 aliphatic carbocycles. The highest BCUT2D eigenvalue weighted by Crippen LogP contribution is 2.46. The number of likely N-dealkylation sites (tertiary alicyclic amines) is 1. The van der Waals surface area contributed by atoms with Crippen LogP contribution in [0, 0.1) is 5.41 Å². The number of hydrogen-bond acceptors (Lipinski definition) is 3. The molecule has 2 fully saturated rings. The number of anilines is 1. The fourth-order valence-electron chi connectivity index (χ4n) is 5.44. The number of nitrogens with zero attached hydrogens (tertiary/aromatic N) is 2. The highest BCUT2D eigenvalue weighted by molar-refractivity contribution is 5.88. The average molecular weight is 434 g/mol. The van der Waals surface area contributed by atoms with Gasteiger partial charge in [-0.2, -0.15) is 0 Å². The van der Waals surface area contributed by atoms with Crippen LogP contribution in [0.25, 0.3) is 0 Å². The highest BCUT2D eigenvalue weighted by atomic mass is 16.2. The van der Waals surface area contributed by atoms with Crippen molar-refractivity contribution in [1.29, 1.82) is 0 Å². The van der Waals surface area contributed by atoms with Gasteiger partial charge in [0.25, 0.3) is 0 Å². The van der Waals surface area contributed by atoms with Gasteiger partial charge in [-0.1, -0.05) is 55.3 Å². The number of carbonyl (C=O) groups excluding carboxylic acids is 2. The summed E-state index contributed by atoms with van der Waals surface area (Å²) in [6, 6.07) is 18.6. The summed E-state index contributed by atoms with van der Waals surface area (Å²) in [6.45, 7) is 1.22. The van der Waals surface area contributed by atoms with E-state index in [4.69, 9.17) is 0 Å². The van der Waals surface area contributed by atoms with Gasteiger partial charge in [-0.25, -0.2) is 0 Å². The largest absolute Gasteiger partial charge is 0.378 e.